The normalized spacial score (nSPS) is 15.6. The van der Waals surface area contributed by atoms with Gasteiger partial charge in [0.2, 0.25) is 5.95 Å². The van der Waals surface area contributed by atoms with E-state index in [-0.39, 0.29) is 17.3 Å². The van der Waals surface area contributed by atoms with Crippen molar-refractivity contribution in [2.75, 3.05) is 6.26 Å². The molecule has 0 aliphatic heterocycles. The third-order valence-electron chi connectivity index (χ3n) is 2.25. The van der Waals surface area contributed by atoms with Crippen LogP contribution < -0.4 is 0 Å². The van der Waals surface area contributed by atoms with Crippen LogP contribution in [0, 0.1) is 11.9 Å². The van der Waals surface area contributed by atoms with Gasteiger partial charge in [0.05, 0.1) is 10.6 Å². The van der Waals surface area contributed by atoms with Gasteiger partial charge in [0.1, 0.15) is 0 Å². The van der Waals surface area contributed by atoms with Crippen molar-refractivity contribution in [3.05, 3.63) is 23.6 Å². The third kappa shape index (κ3) is 1.80. The fourth-order valence-electron chi connectivity index (χ4n) is 1.28. The molecule has 1 saturated carbocycles. The van der Waals surface area contributed by atoms with Crippen molar-refractivity contribution in [1.29, 1.82) is 0 Å². The smallest absolute Gasteiger partial charge is 0.224 e. The number of rotatable bonds is 3. The molecule has 1 heterocycles. The Morgan fingerprint density at radius 2 is 2.29 bits per heavy atom. The molecule has 2 rings (SSSR count). The van der Waals surface area contributed by atoms with E-state index < -0.39 is 5.95 Å². The number of Topliss-reactive ketones (excluding diaryl/α,β-unsaturated/α-hetero) is 1. The molecule has 0 atom stereocenters. The second-order valence-electron chi connectivity index (χ2n) is 3.33. The maximum atomic E-state index is 13.3. The predicted molar refractivity (Wildman–Crippen MR) is 53.0 cm³/mol. The molecule has 74 valence electrons. The Morgan fingerprint density at radius 1 is 1.57 bits per heavy atom. The first-order valence-electron chi connectivity index (χ1n) is 4.47. The highest BCUT2D eigenvalue weighted by molar-refractivity contribution is 7.98. The van der Waals surface area contributed by atoms with Crippen molar-refractivity contribution in [2.45, 2.75) is 17.9 Å². The lowest BCUT2D eigenvalue weighted by molar-refractivity contribution is 0.0962. The Kier molecular flexibility index (Phi) is 2.54. The fourth-order valence-corrected chi connectivity index (χ4v) is 1.66. The molecule has 1 aliphatic carbocycles. The van der Waals surface area contributed by atoms with Gasteiger partial charge in [-0.25, -0.2) is 4.98 Å². The van der Waals surface area contributed by atoms with E-state index in [2.05, 4.69) is 4.98 Å². The van der Waals surface area contributed by atoms with Gasteiger partial charge in [-0.3, -0.25) is 4.79 Å². The van der Waals surface area contributed by atoms with Crippen molar-refractivity contribution in [3.63, 3.8) is 0 Å². The van der Waals surface area contributed by atoms with E-state index in [4.69, 9.17) is 0 Å². The quantitative estimate of drug-likeness (QED) is 0.437. The molecule has 0 spiro atoms. The lowest BCUT2D eigenvalue weighted by Crippen LogP contribution is -2.06. The number of carbonyl (C=O) groups is 1. The molecule has 2 nitrogen and oxygen atoms in total. The van der Waals surface area contributed by atoms with Crippen molar-refractivity contribution in [3.8, 4) is 0 Å². The van der Waals surface area contributed by atoms with Crippen LogP contribution in [0.1, 0.15) is 23.2 Å². The van der Waals surface area contributed by atoms with E-state index in [1.54, 1.807) is 6.07 Å². The zero-order valence-corrected chi connectivity index (χ0v) is 8.60. The highest BCUT2D eigenvalue weighted by atomic mass is 32.2. The van der Waals surface area contributed by atoms with Gasteiger partial charge in [-0.1, -0.05) is 0 Å². The molecule has 0 N–H and O–H groups in total. The molecule has 0 radical (unpaired) electrons. The van der Waals surface area contributed by atoms with Gasteiger partial charge < -0.3 is 0 Å². The summed E-state index contributed by atoms with van der Waals surface area (Å²) in [6, 6.07) is 3.22. The molecule has 0 unspecified atom stereocenters. The van der Waals surface area contributed by atoms with Gasteiger partial charge in [-0.05, 0) is 31.2 Å². The van der Waals surface area contributed by atoms with E-state index >= 15 is 0 Å². The van der Waals surface area contributed by atoms with Crippen LogP contribution in [0.25, 0.3) is 0 Å². The van der Waals surface area contributed by atoms with Crippen molar-refractivity contribution < 1.29 is 9.18 Å². The number of nitrogens with zero attached hydrogens (tertiary/aromatic N) is 1. The second kappa shape index (κ2) is 3.69. The number of halogens is 1. The van der Waals surface area contributed by atoms with Crippen LogP contribution in [-0.2, 0) is 0 Å². The van der Waals surface area contributed by atoms with Gasteiger partial charge >= 0.3 is 0 Å². The lowest BCUT2D eigenvalue weighted by Gasteiger charge is -2.01. The van der Waals surface area contributed by atoms with E-state index in [1.165, 1.54) is 17.8 Å². The Morgan fingerprint density at radius 3 is 2.79 bits per heavy atom. The van der Waals surface area contributed by atoms with Gasteiger partial charge in [0.25, 0.3) is 0 Å². The maximum absolute atomic E-state index is 13.3. The van der Waals surface area contributed by atoms with Crippen LogP contribution in [0.15, 0.2) is 17.2 Å². The number of thioether (sulfide) groups is 1. The summed E-state index contributed by atoms with van der Waals surface area (Å²) in [5, 5.41) is 0.606. The molecule has 0 saturated heterocycles. The van der Waals surface area contributed by atoms with Crippen molar-refractivity contribution in [1.82, 2.24) is 4.98 Å². The predicted octanol–water partition coefficient (Wildman–Crippen LogP) is 2.54. The standard InChI is InChI=1S/C10H10FNOS/c1-14-8-5-4-7(10(11)12-8)9(13)6-2-3-6/h4-6H,2-3H2,1H3. The van der Waals surface area contributed by atoms with Crippen molar-refractivity contribution in [2.24, 2.45) is 5.92 Å². The van der Waals surface area contributed by atoms with Gasteiger partial charge in [0, 0.05) is 5.92 Å². The van der Waals surface area contributed by atoms with Crippen LogP contribution in [-0.4, -0.2) is 17.0 Å². The largest absolute Gasteiger partial charge is 0.294 e. The molecule has 4 heteroatoms. The number of hydrogen-bond donors (Lipinski definition) is 0. The first-order valence-corrected chi connectivity index (χ1v) is 5.69. The van der Waals surface area contributed by atoms with Gasteiger partial charge in [-0.15, -0.1) is 11.8 Å². The highest BCUT2D eigenvalue weighted by Crippen LogP contribution is 2.33. The molecule has 1 aliphatic rings. The van der Waals surface area contributed by atoms with E-state index in [0.29, 0.717) is 5.03 Å². The topological polar surface area (TPSA) is 30.0 Å². The van der Waals surface area contributed by atoms with Crippen LogP contribution >= 0.6 is 11.8 Å². The number of hydrogen-bond acceptors (Lipinski definition) is 3. The summed E-state index contributed by atoms with van der Waals surface area (Å²) < 4.78 is 13.3. The minimum absolute atomic E-state index is 0.0476. The number of ketones is 1. The SMILES string of the molecule is CSc1ccc(C(=O)C2CC2)c(F)n1. The first kappa shape index (κ1) is 9.65. The molecule has 0 bridgehead atoms. The average molecular weight is 211 g/mol. The van der Waals surface area contributed by atoms with Gasteiger partial charge in [-0.2, -0.15) is 4.39 Å². The fraction of sp³-hybridized carbons (Fsp3) is 0.400. The average Bonchev–Trinajstić information content (AvgIpc) is 3.00. The molecule has 1 aromatic heterocycles. The zero-order valence-electron chi connectivity index (χ0n) is 7.79. The Balaban J connectivity index is 2.29. The third-order valence-corrected chi connectivity index (χ3v) is 2.89. The first-order chi connectivity index (χ1) is 6.72. The molecule has 1 fully saturated rings. The lowest BCUT2D eigenvalue weighted by atomic mass is 10.1. The minimum atomic E-state index is -0.631. The summed E-state index contributed by atoms with van der Waals surface area (Å²) >= 11 is 1.36. The Hall–Kier alpha value is -0.900. The molecule has 1 aromatic rings. The molecule has 14 heavy (non-hydrogen) atoms. The van der Waals surface area contributed by atoms with E-state index in [9.17, 15) is 9.18 Å². The molecular weight excluding hydrogens is 201 g/mol. The summed E-state index contributed by atoms with van der Waals surface area (Å²) in [5.74, 6) is -0.678. The molecular formula is C10H10FNOS. The van der Waals surface area contributed by atoms with Crippen LogP contribution in [0.4, 0.5) is 4.39 Å². The van der Waals surface area contributed by atoms with Crippen LogP contribution in [0.5, 0.6) is 0 Å². The van der Waals surface area contributed by atoms with Crippen molar-refractivity contribution >= 4 is 17.5 Å². The van der Waals surface area contributed by atoms with Gasteiger partial charge in [0.15, 0.2) is 5.78 Å². The summed E-state index contributed by atoms with van der Waals surface area (Å²) in [6.45, 7) is 0. The number of pyridine rings is 1. The van der Waals surface area contributed by atoms with Crippen LogP contribution in [0.2, 0.25) is 0 Å². The number of aromatic nitrogens is 1. The van der Waals surface area contributed by atoms with E-state index in [1.807, 2.05) is 6.26 Å². The minimum Gasteiger partial charge on any atom is -0.294 e. The summed E-state index contributed by atoms with van der Waals surface area (Å²) in [4.78, 5) is 15.2. The number of carbonyl (C=O) groups excluding carboxylic acids is 1. The summed E-state index contributed by atoms with van der Waals surface area (Å²) in [5.41, 5.74) is 0.144. The summed E-state index contributed by atoms with van der Waals surface area (Å²) in [7, 11) is 0. The molecule has 0 aromatic carbocycles. The summed E-state index contributed by atoms with van der Waals surface area (Å²) in [6.07, 6.45) is 3.61. The zero-order chi connectivity index (χ0) is 10.1. The second-order valence-corrected chi connectivity index (χ2v) is 4.16. The highest BCUT2D eigenvalue weighted by Gasteiger charge is 2.32. The van der Waals surface area contributed by atoms with Crippen LogP contribution in [0.3, 0.4) is 0 Å². The maximum Gasteiger partial charge on any atom is 0.224 e. The monoisotopic (exact) mass is 211 g/mol. The Labute approximate surface area is 85.9 Å². The Bertz CT molecular complexity index is 376. The van der Waals surface area contributed by atoms with E-state index in [0.717, 1.165) is 12.8 Å². The molecule has 0 amide bonds.